The van der Waals surface area contributed by atoms with E-state index in [-0.39, 0.29) is 17.3 Å². The summed E-state index contributed by atoms with van der Waals surface area (Å²) in [6.07, 6.45) is 0. The van der Waals surface area contributed by atoms with Crippen molar-refractivity contribution in [2.24, 2.45) is 0 Å². The second-order valence-corrected chi connectivity index (χ2v) is 8.45. The minimum Gasteiger partial charge on any atom is -0.507 e. The molecule has 0 aliphatic carbocycles. The smallest absolute Gasteiger partial charge is 0.302 e. The maximum Gasteiger partial charge on any atom is 0.302 e. The molecule has 160 valence electrons. The molecule has 4 aromatic rings. The van der Waals surface area contributed by atoms with Crippen LogP contribution in [0.3, 0.4) is 0 Å². The second kappa shape index (κ2) is 7.65. The number of amides is 1. The van der Waals surface area contributed by atoms with E-state index in [0.717, 1.165) is 16.0 Å². The number of hydrogen-bond acceptors (Lipinski definition) is 6. The maximum atomic E-state index is 13.2. The third kappa shape index (κ3) is 3.07. The first kappa shape index (κ1) is 20.0. The van der Waals surface area contributed by atoms with Gasteiger partial charge >= 0.3 is 5.91 Å². The van der Waals surface area contributed by atoms with Crippen molar-refractivity contribution in [3.8, 4) is 5.75 Å². The van der Waals surface area contributed by atoms with E-state index in [9.17, 15) is 14.7 Å². The van der Waals surface area contributed by atoms with Crippen molar-refractivity contribution < 1.29 is 19.4 Å². The number of aromatic amines is 1. The van der Waals surface area contributed by atoms with Gasteiger partial charge in [0.25, 0.3) is 5.78 Å². The molecule has 1 aliphatic rings. The molecule has 1 unspecified atom stereocenters. The molecule has 2 aromatic carbocycles. The molecule has 1 saturated heterocycles. The number of hydrogen-bond donors (Lipinski definition) is 2. The maximum absolute atomic E-state index is 13.2. The molecule has 2 N–H and O–H groups in total. The summed E-state index contributed by atoms with van der Waals surface area (Å²) in [5.41, 5.74) is 2.66. The molecular formula is C24H19N3O4S. The van der Waals surface area contributed by atoms with Crippen LogP contribution in [0.1, 0.15) is 22.0 Å². The van der Waals surface area contributed by atoms with Crippen LogP contribution in [0, 0.1) is 6.92 Å². The molecule has 0 radical (unpaired) electrons. The van der Waals surface area contributed by atoms with Crippen LogP contribution in [0.15, 0.2) is 65.6 Å². The highest BCUT2D eigenvalue weighted by molar-refractivity contribution is 7.10. The summed E-state index contributed by atoms with van der Waals surface area (Å²) in [6.45, 7) is 1.87. The van der Waals surface area contributed by atoms with E-state index in [0.29, 0.717) is 16.8 Å². The van der Waals surface area contributed by atoms with Crippen LogP contribution in [0.2, 0.25) is 0 Å². The number of H-pyrrole nitrogens is 1. The molecule has 0 saturated carbocycles. The third-order valence-corrected chi connectivity index (χ3v) is 6.40. The van der Waals surface area contributed by atoms with Crippen molar-refractivity contribution in [2.75, 3.05) is 12.0 Å². The monoisotopic (exact) mass is 445 g/mol. The van der Waals surface area contributed by atoms with Gasteiger partial charge in [0.1, 0.15) is 17.6 Å². The number of aromatic nitrogens is 2. The van der Waals surface area contributed by atoms with Crippen LogP contribution in [0.4, 0.5) is 5.95 Å². The van der Waals surface area contributed by atoms with Crippen molar-refractivity contribution in [2.45, 2.75) is 13.0 Å². The number of para-hydroxylation sites is 2. The van der Waals surface area contributed by atoms with Crippen molar-refractivity contribution >= 4 is 45.8 Å². The van der Waals surface area contributed by atoms with Crippen LogP contribution >= 0.6 is 11.3 Å². The van der Waals surface area contributed by atoms with Crippen molar-refractivity contribution in [1.82, 2.24) is 9.97 Å². The van der Waals surface area contributed by atoms with E-state index in [1.165, 1.54) is 23.3 Å². The molecule has 0 spiro atoms. The number of methoxy groups -OCH3 is 1. The highest BCUT2D eigenvalue weighted by atomic mass is 32.1. The van der Waals surface area contributed by atoms with Gasteiger partial charge in [0.15, 0.2) is 0 Å². The number of ether oxygens (including phenoxy) is 1. The van der Waals surface area contributed by atoms with Crippen LogP contribution < -0.4 is 9.64 Å². The van der Waals surface area contributed by atoms with Gasteiger partial charge in [-0.15, -0.1) is 11.3 Å². The number of aryl methyl sites for hydroxylation is 1. The molecule has 8 heteroatoms. The number of anilines is 1. The first-order valence-electron chi connectivity index (χ1n) is 9.93. The number of thiophene rings is 1. The van der Waals surface area contributed by atoms with Gasteiger partial charge < -0.3 is 14.8 Å². The first-order chi connectivity index (χ1) is 15.5. The largest absolute Gasteiger partial charge is 0.507 e. The number of benzene rings is 2. The summed E-state index contributed by atoms with van der Waals surface area (Å²) < 4.78 is 5.40. The Morgan fingerprint density at radius 3 is 2.69 bits per heavy atom. The average molecular weight is 446 g/mol. The molecule has 32 heavy (non-hydrogen) atoms. The molecule has 2 aromatic heterocycles. The Morgan fingerprint density at radius 2 is 1.97 bits per heavy atom. The molecule has 0 bridgehead atoms. The third-order valence-electron chi connectivity index (χ3n) is 5.47. The van der Waals surface area contributed by atoms with Crippen molar-refractivity contribution in [1.29, 1.82) is 0 Å². The molecular weight excluding hydrogens is 426 g/mol. The predicted octanol–water partition coefficient (Wildman–Crippen LogP) is 4.57. The summed E-state index contributed by atoms with van der Waals surface area (Å²) in [7, 11) is 1.49. The van der Waals surface area contributed by atoms with E-state index in [1.807, 2.05) is 54.8 Å². The van der Waals surface area contributed by atoms with Crippen LogP contribution in [0.5, 0.6) is 5.75 Å². The fourth-order valence-corrected chi connectivity index (χ4v) is 4.80. The van der Waals surface area contributed by atoms with E-state index in [1.54, 1.807) is 12.1 Å². The Kier molecular flexibility index (Phi) is 4.79. The van der Waals surface area contributed by atoms with Crippen molar-refractivity contribution in [3.05, 3.63) is 81.6 Å². The van der Waals surface area contributed by atoms with Gasteiger partial charge in [-0.2, -0.15) is 0 Å². The number of aliphatic hydroxyl groups is 1. The van der Waals surface area contributed by atoms with E-state index in [2.05, 4.69) is 9.97 Å². The lowest BCUT2D eigenvalue weighted by Crippen LogP contribution is -2.30. The number of nitrogens with zero attached hydrogens (tertiary/aromatic N) is 2. The zero-order valence-corrected chi connectivity index (χ0v) is 18.1. The van der Waals surface area contributed by atoms with E-state index in [4.69, 9.17) is 4.74 Å². The Bertz CT molecular complexity index is 1350. The lowest BCUT2D eigenvalue weighted by Gasteiger charge is -2.21. The van der Waals surface area contributed by atoms with Crippen LogP contribution in [-0.2, 0) is 9.59 Å². The van der Waals surface area contributed by atoms with Crippen LogP contribution in [-0.4, -0.2) is 33.9 Å². The molecule has 1 amide bonds. The van der Waals surface area contributed by atoms with Gasteiger partial charge in [0, 0.05) is 4.88 Å². The van der Waals surface area contributed by atoms with E-state index < -0.39 is 17.7 Å². The van der Waals surface area contributed by atoms with Gasteiger partial charge in [-0.05, 0) is 42.6 Å². The quantitative estimate of drug-likeness (QED) is 0.273. The molecule has 7 nitrogen and oxygen atoms in total. The molecule has 1 atom stereocenters. The van der Waals surface area contributed by atoms with Gasteiger partial charge in [0.2, 0.25) is 5.95 Å². The predicted molar refractivity (Wildman–Crippen MR) is 123 cm³/mol. The minimum absolute atomic E-state index is 0.00167. The SMILES string of the molecule is COc1ccc(C)cc1/C(O)=C1\C(=O)C(=O)N(c2nc3ccccc3[nH]2)C1c1cccs1. The number of imidazole rings is 1. The lowest BCUT2D eigenvalue weighted by atomic mass is 9.98. The number of carbonyl (C=O) groups excluding carboxylic acids is 2. The molecule has 1 fully saturated rings. The molecule has 1 aliphatic heterocycles. The summed E-state index contributed by atoms with van der Waals surface area (Å²) in [5.74, 6) is -1.14. The van der Waals surface area contributed by atoms with Crippen LogP contribution in [0.25, 0.3) is 16.8 Å². The highest BCUT2D eigenvalue weighted by Crippen LogP contribution is 2.44. The average Bonchev–Trinajstić information content (AvgIpc) is 3.52. The topological polar surface area (TPSA) is 95.5 Å². The fraction of sp³-hybridized carbons (Fsp3) is 0.125. The number of carbonyl (C=O) groups is 2. The standard InChI is InChI=1S/C24H19N3O4S/c1-13-9-10-17(31-2)14(12-13)21(28)19-20(18-8-5-11-32-18)27(23(30)22(19)29)24-25-15-6-3-4-7-16(15)26-24/h3-12,20,28H,1-2H3,(H,25,26)/b21-19+. The zero-order valence-electron chi connectivity index (χ0n) is 17.3. The Labute approximate surface area is 187 Å². The lowest BCUT2D eigenvalue weighted by molar-refractivity contribution is -0.132. The fourth-order valence-electron chi connectivity index (χ4n) is 3.97. The Hall–Kier alpha value is -3.91. The van der Waals surface area contributed by atoms with Gasteiger partial charge in [0.05, 0.1) is 29.3 Å². The molecule has 3 heterocycles. The Morgan fingerprint density at radius 1 is 1.16 bits per heavy atom. The summed E-state index contributed by atoms with van der Waals surface area (Å²) >= 11 is 1.39. The minimum atomic E-state index is -0.819. The first-order valence-corrected chi connectivity index (χ1v) is 10.8. The number of ketones is 1. The summed E-state index contributed by atoms with van der Waals surface area (Å²) in [5, 5.41) is 13.2. The van der Waals surface area contributed by atoms with Gasteiger partial charge in [-0.25, -0.2) is 4.98 Å². The number of fused-ring (bicyclic) bond motifs is 1. The summed E-state index contributed by atoms with van der Waals surface area (Å²) in [4.78, 5) is 36.1. The number of Topliss-reactive ketones (excluding diaryl/α,β-unsaturated/α-hetero) is 1. The van der Waals surface area contributed by atoms with Gasteiger partial charge in [-0.1, -0.05) is 29.8 Å². The molecule has 5 rings (SSSR count). The zero-order chi connectivity index (χ0) is 22.4. The Balaban J connectivity index is 1.74. The second-order valence-electron chi connectivity index (χ2n) is 7.47. The van der Waals surface area contributed by atoms with Crippen molar-refractivity contribution in [3.63, 3.8) is 0 Å². The number of nitrogens with one attached hydrogen (secondary N) is 1. The summed E-state index contributed by atoms with van der Waals surface area (Å²) in [6, 6.07) is 15.5. The number of aliphatic hydroxyl groups excluding tert-OH is 1. The van der Waals surface area contributed by atoms with E-state index >= 15 is 0 Å². The normalized spacial score (nSPS) is 17.9. The number of rotatable bonds is 4. The highest BCUT2D eigenvalue weighted by Gasteiger charge is 2.48. The van der Waals surface area contributed by atoms with Gasteiger partial charge in [-0.3, -0.25) is 14.5 Å².